The van der Waals surface area contributed by atoms with Crippen LogP contribution in [0.15, 0.2) is 53.4 Å². The molecule has 9 nitrogen and oxygen atoms in total. The Morgan fingerprint density at radius 3 is 2.32 bits per heavy atom. The summed E-state index contributed by atoms with van der Waals surface area (Å²) < 4.78 is 32.7. The highest BCUT2D eigenvalue weighted by Gasteiger charge is 2.30. The van der Waals surface area contributed by atoms with E-state index >= 15 is 0 Å². The normalized spacial score (nSPS) is 12.6. The van der Waals surface area contributed by atoms with Gasteiger partial charge in [-0.25, -0.2) is 8.42 Å². The molecule has 1 N–H and O–H groups in total. The van der Waals surface area contributed by atoms with E-state index in [0.29, 0.717) is 0 Å². The van der Waals surface area contributed by atoms with E-state index in [2.05, 4.69) is 0 Å². The topological polar surface area (TPSA) is 113 Å². The van der Waals surface area contributed by atoms with E-state index in [1.807, 2.05) is 0 Å². The second kappa shape index (κ2) is 9.00. The number of methoxy groups -OCH3 is 1. The number of aliphatic hydroxyl groups excluding tert-OH is 1. The lowest BCUT2D eigenvalue weighted by Crippen LogP contribution is -2.41. The molecule has 0 radical (unpaired) electrons. The molecule has 1 atom stereocenters. The minimum absolute atomic E-state index is 0.000567. The van der Waals surface area contributed by atoms with Gasteiger partial charge in [-0.3, -0.25) is 14.4 Å². The number of nitro groups is 1. The third-order valence-corrected chi connectivity index (χ3v) is 5.72. The lowest BCUT2D eigenvalue weighted by atomic mass is 10.2. The summed E-state index contributed by atoms with van der Waals surface area (Å²) in [5, 5.41) is 21.6. The molecule has 152 valence electrons. The molecule has 0 aliphatic carbocycles. The van der Waals surface area contributed by atoms with Gasteiger partial charge in [0.1, 0.15) is 11.4 Å². The van der Waals surface area contributed by atoms with Gasteiger partial charge in [-0.2, -0.15) is 0 Å². The molecule has 0 fully saturated rings. The molecule has 0 bridgehead atoms. The second-order valence-electron chi connectivity index (χ2n) is 6.38. The van der Waals surface area contributed by atoms with Crippen molar-refractivity contribution in [2.45, 2.75) is 11.0 Å². The lowest BCUT2D eigenvalue weighted by molar-refractivity contribution is -0.384. The predicted molar refractivity (Wildman–Crippen MR) is 105 cm³/mol. The number of sulfonamides is 1. The van der Waals surface area contributed by atoms with E-state index in [4.69, 9.17) is 4.74 Å². The Labute approximate surface area is 164 Å². The number of hydrogen-bond donors (Lipinski definition) is 1. The number of ether oxygens (including phenoxy) is 1. The largest absolute Gasteiger partial charge is 0.495 e. The maximum absolute atomic E-state index is 13.3. The van der Waals surface area contributed by atoms with E-state index in [-0.39, 0.29) is 35.1 Å². The van der Waals surface area contributed by atoms with Crippen molar-refractivity contribution in [2.75, 3.05) is 38.6 Å². The van der Waals surface area contributed by atoms with Gasteiger partial charge in [-0.15, -0.1) is 0 Å². The molecular formula is C18H23N3O6S. The molecule has 0 spiro atoms. The van der Waals surface area contributed by atoms with Crippen LogP contribution in [0, 0.1) is 10.1 Å². The molecule has 0 amide bonds. The average Bonchev–Trinajstić information content (AvgIpc) is 2.65. The fourth-order valence-corrected chi connectivity index (χ4v) is 4.23. The summed E-state index contributed by atoms with van der Waals surface area (Å²) in [7, 11) is 0.720. The summed E-state index contributed by atoms with van der Waals surface area (Å²) in [5.41, 5.74) is -0.301. The first-order valence-corrected chi connectivity index (χ1v) is 9.84. The number of nitro benzene ring substituents is 1. The summed E-state index contributed by atoms with van der Waals surface area (Å²) in [6, 6.07) is 11.4. The third-order valence-electron chi connectivity index (χ3n) is 3.93. The van der Waals surface area contributed by atoms with Crippen LogP contribution in [-0.2, 0) is 10.0 Å². The third kappa shape index (κ3) is 4.97. The Bertz CT molecular complexity index is 918. The number of aliphatic hydroxyl groups is 1. The Morgan fingerprint density at radius 1 is 1.14 bits per heavy atom. The summed E-state index contributed by atoms with van der Waals surface area (Å²) in [6.45, 7) is -0.0923. The van der Waals surface area contributed by atoms with E-state index in [1.54, 1.807) is 37.2 Å². The van der Waals surface area contributed by atoms with Gasteiger partial charge in [0.2, 0.25) is 0 Å². The highest BCUT2D eigenvalue weighted by Crippen LogP contribution is 2.35. The number of anilines is 1. The van der Waals surface area contributed by atoms with Crippen LogP contribution in [-0.4, -0.2) is 63.7 Å². The molecule has 2 aromatic carbocycles. The summed E-state index contributed by atoms with van der Waals surface area (Å²) in [5.74, 6) is 0.141. The van der Waals surface area contributed by atoms with Crippen molar-refractivity contribution in [3.8, 4) is 5.75 Å². The van der Waals surface area contributed by atoms with Crippen LogP contribution in [0.2, 0.25) is 0 Å². The summed E-state index contributed by atoms with van der Waals surface area (Å²) in [6.07, 6.45) is -1.03. The van der Waals surface area contributed by atoms with Crippen molar-refractivity contribution < 1.29 is 23.2 Å². The number of likely N-dealkylation sites (N-methyl/N-ethyl adjacent to an activating group) is 1. The average molecular weight is 409 g/mol. The van der Waals surface area contributed by atoms with Crippen LogP contribution in [0.5, 0.6) is 5.75 Å². The maximum Gasteiger partial charge on any atom is 0.271 e. The van der Waals surface area contributed by atoms with E-state index in [0.717, 1.165) is 10.4 Å². The smallest absolute Gasteiger partial charge is 0.271 e. The molecular weight excluding hydrogens is 386 g/mol. The van der Waals surface area contributed by atoms with Gasteiger partial charge in [0.25, 0.3) is 15.7 Å². The molecule has 2 aromatic rings. The molecule has 2 rings (SSSR count). The minimum atomic E-state index is -4.11. The second-order valence-corrected chi connectivity index (χ2v) is 8.24. The first kappa shape index (κ1) is 21.6. The minimum Gasteiger partial charge on any atom is -0.495 e. The van der Waals surface area contributed by atoms with Crippen molar-refractivity contribution in [2.24, 2.45) is 0 Å². The Hall–Kier alpha value is -2.69. The van der Waals surface area contributed by atoms with Crippen LogP contribution in [0.25, 0.3) is 0 Å². The number of benzene rings is 2. The van der Waals surface area contributed by atoms with Crippen LogP contribution in [0.3, 0.4) is 0 Å². The van der Waals surface area contributed by atoms with E-state index in [1.165, 1.54) is 31.4 Å². The Balaban J connectivity index is 2.62. The lowest BCUT2D eigenvalue weighted by Gasteiger charge is -2.28. The molecule has 28 heavy (non-hydrogen) atoms. The quantitative estimate of drug-likeness (QED) is 0.495. The fraction of sp³-hybridized carbons (Fsp3) is 0.333. The van der Waals surface area contributed by atoms with Crippen LogP contribution in [0.4, 0.5) is 11.4 Å². The van der Waals surface area contributed by atoms with Crippen LogP contribution >= 0.6 is 0 Å². The van der Waals surface area contributed by atoms with Crippen LogP contribution < -0.4 is 9.04 Å². The van der Waals surface area contributed by atoms with Gasteiger partial charge >= 0.3 is 0 Å². The SMILES string of the molecule is COc1ccc([N+](=O)[O-])cc1N(C[C@H](O)CN(C)C)S(=O)(=O)c1ccccc1. The summed E-state index contributed by atoms with van der Waals surface area (Å²) in [4.78, 5) is 12.3. The highest BCUT2D eigenvalue weighted by atomic mass is 32.2. The van der Waals surface area contributed by atoms with Crippen molar-refractivity contribution >= 4 is 21.4 Å². The monoisotopic (exact) mass is 409 g/mol. The van der Waals surface area contributed by atoms with Gasteiger partial charge < -0.3 is 14.7 Å². The van der Waals surface area contributed by atoms with E-state index < -0.39 is 21.1 Å². The molecule has 0 heterocycles. The Kier molecular flexibility index (Phi) is 6.95. The highest BCUT2D eigenvalue weighted by molar-refractivity contribution is 7.92. The van der Waals surface area contributed by atoms with Gasteiger partial charge in [0.05, 0.1) is 29.6 Å². The molecule has 0 saturated carbocycles. The zero-order valence-corrected chi connectivity index (χ0v) is 16.7. The molecule has 0 aliphatic heterocycles. The number of nitrogens with zero attached hydrogens (tertiary/aromatic N) is 3. The zero-order chi connectivity index (χ0) is 20.9. The first-order chi connectivity index (χ1) is 13.2. The zero-order valence-electron chi connectivity index (χ0n) is 15.8. The predicted octanol–water partition coefficient (Wildman–Crippen LogP) is 1.72. The van der Waals surface area contributed by atoms with Gasteiger partial charge in [-0.05, 0) is 32.3 Å². The first-order valence-electron chi connectivity index (χ1n) is 8.40. The van der Waals surface area contributed by atoms with Crippen molar-refractivity contribution in [1.82, 2.24) is 4.90 Å². The van der Waals surface area contributed by atoms with Crippen molar-refractivity contribution in [1.29, 1.82) is 0 Å². The fourth-order valence-electron chi connectivity index (χ4n) is 2.70. The molecule has 0 unspecified atom stereocenters. The summed E-state index contributed by atoms with van der Waals surface area (Å²) >= 11 is 0. The standard InChI is InChI=1S/C18H23N3O6S/c1-19(2)12-15(22)13-20(28(25,26)16-7-5-4-6-8-16)17-11-14(21(23)24)9-10-18(17)27-3/h4-11,15,22H,12-13H2,1-3H3/t15-/m1/s1. The van der Waals surface area contributed by atoms with Gasteiger partial charge in [0.15, 0.2) is 0 Å². The molecule has 10 heteroatoms. The molecule has 0 saturated heterocycles. The van der Waals surface area contributed by atoms with Crippen molar-refractivity contribution in [3.05, 3.63) is 58.6 Å². The van der Waals surface area contributed by atoms with Crippen LogP contribution in [0.1, 0.15) is 0 Å². The number of non-ortho nitro benzene ring substituents is 1. The van der Waals surface area contributed by atoms with Gasteiger partial charge in [0, 0.05) is 18.7 Å². The molecule has 0 aromatic heterocycles. The van der Waals surface area contributed by atoms with Crippen molar-refractivity contribution in [3.63, 3.8) is 0 Å². The van der Waals surface area contributed by atoms with Gasteiger partial charge in [-0.1, -0.05) is 18.2 Å². The number of rotatable bonds is 9. The number of hydrogen-bond acceptors (Lipinski definition) is 7. The Morgan fingerprint density at radius 2 is 1.79 bits per heavy atom. The molecule has 0 aliphatic rings. The maximum atomic E-state index is 13.3. The van der Waals surface area contributed by atoms with E-state index in [9.17, 15) is 23.6 Å².